The third kappa shape index (κ3) is 2.59. The summed E-state index contributed by atoms with van der Waals surface area (Å²) in [6, 6.07) is -0.108. The van der Waals surface area contributed by atoms with E-state index in [1.165, 1.54) is 11.3 Å². The molecule has 1 aliphatic rings. The zero-order valence-electron chi connectivity index (χ0n) is 9.27. The topological polar surface area (TPSA) is 62.2 Å². The van der Waals surface area contributed by atoms with Crippen LogP contribution in [0.1, 0.15) is 41.2 Å². The third-order valence-electron chi connectivity index (χ3n) is 2.90. The lowest BCUT2D eigenvalue weighted by atomic mass is 9.92. The zero-order chi connectivity index (χ0) is 11.5. The lowest BCUT2D eigenvalue weighted by molar-refractivity contribution is 0.0714. The maximum Gasteiger partial charge on any atom is 0.271 e. The molecule has 2 rings (SSSR count). The summed E-state index contributed by atoms with van der Waals surface area (Å²) in [4.78, 5) is 15.9. The largest absolute Gasteiger partial charge is 0.391 e. The van der Waals surface area contributed by atoms with E-state index in [4.69, 9.17) is 0 Å². The molecule has 2 atom stereocenters. The summed E-state index contributed by atoms with van der Waals surface area (Å²) in [5.74, 6) is -0.171. The van der Waals surface area contributed by atoms with E-state index in [-0.39, 0.29) is 11.9 Å². The minimum absolute atomic E-state index is 0.108. The molecule has 0 unspecified atom stereocenters. The van der Waals surface area contributed by atoms with Gasteiger partial charge in [-0.2, -0.15) is 0 Å². The average Bonchev–Trinajstić information content (AvgIpc) is 2.68. The molecule has 1 amide bonds. The van der Waals surface area contributed by atoms with E-state index in [1.807, 2.05) is 6.92 Å². The van der Waals surface area contributed by atoms with Gasteiger partial charge >= 0.3 is 0 Å². The molecule has 1 fully saturated rings. The normalized spacial score (nSPS) is 25.4. The number of thiazole rings is 1. The van der Waals surface area contributed by atoms with Gasteiger partial charge in [0.25, 0.3) is 5.91 Å². The van der Waals surface area contributed by atoms with Crippen molar-refractivity contribution in [3.8, 4) is 0 Å². The second kappa shape index (κ2) is 4.93. The molecule has 16 heavy (non-hydrogen) atoms. The van der Waals surface area contributed by atoms with Crippen LogP contribution >= 0.6 is 11.3 Å². The molecule has 1 heterocycles. The first-order valence-corrected chi connectivity index (χ1v) is 6.46. The molecule has 88 valence electrons. The molecule has 1 aromatic rings. The van der Waals surface area contributed by atoms with Gasteiger partial charge in [-0.15, -0.1) is 11.3 Å². The van der Waals surface area contributed by atoms with E-state index in [1.54, 1.807) is 5.38 Å². The molecule has 4 nitrogen and oxygen atoms in total. The quantitative estimate of drug-likeness (QED) is 0.823. The maximum absolute atomic E-state index is 11.8. The number of carbonyl (C=O) groups is 1. The van der Waals surface area contributed by atoms with Gasteiger partial charge in [0.05, 0.1) is 17.2 Å². The fourth-order valence-corrected chi connectivity index (χ4v) is 2.58. The van der Waals surface area contributed by atoms with Crippen LogP contribution in [0.3, 0.4) is 0 Å². The lowest BCUT2D eigenvalue weighted by Gasteiger charge is -2.27. The summed E-state index contributed by atoms with van der Waals surface area (Å²) in [6.07, 6.45) is 3.34. The number of hydrogen-bond donors (Lipinski definition) is 2. The summed E-state index contributed by atoms with van der Waals surface area (Å²) in [6.45, 7) is 1.87. The van der Waals surface area contributed by atoms with Crippen LogP contribution in [0.25, 0.3) is 0 Å². The average molecular weight is 240 g/mol. The maximum atomic E-state index is 11.8. The van der Waals surface area contributed by atoms with Crippen LogP contribution in [0.15, 0.2) is 5.38 Å². The highest BCUT2D eigenvalue weighted by Crippen LogP contribution is 2.19. The number of aliphatic hydroxyl groups excluding tert-OH is 1. The van der Waals surface area contributed by atoms with Gasteiger partial charge in [-0.1, -0.05) is 12.8 Å². The monoisotopic (exact) mass is 240 g/mol. The molecule has 0 aromatic carbocycles. The molecule has 0 radical (unpaired) electrons. The van der Waals surface area contributed by atoms with Gasteiger partial charge in [0.2, 0.25) is 0 Å². The van der Waals surface area contributed by atoms with Crippen molar-refractivity contribution >= 4 is 17.2 Å². The van der Waals surface area contributed by atoms with E-state index in [2.05, 4.69) is 10.3 Å². The second-order valence-corrected chi connectivity index (χ2v) is 5.25. The van der Waals surface area contributed by atoms with E-state index < -0.39 is 6.10 Å². The smallest absolute Gasteiger partial charge is 0.271 e. The van der Waals surface area contributed by atoms with Gasteiger partial charge in [0, 0.05) is 5.38 Å². The Morgan fingerprint density at radius 1 is 1.56 bits per heavy atom. The fourth-order valence-electron chi connectivity index (χ4n) is 1.99. The van der Waals surface area contributed by atoms with Crippen molar-refractivity contribution in [2.75, 3.05) is 0 Å². The predicted octanol–water partition coefficient (Wildman–Crippen LogP) is 1.48. The Kier molecular flexibility index (Phi) is 3.56. The third-order valence-corrected chi connectivity index (χ3v) is 3.67. The second-order valence-electron chi connectivity index (χ2n) is 4.18. The standard InChI is InChI=1S/C11H16N2O2S/c1-7-12-9(6-16-7)11(15)13-8-4-2-3-5-10(8)14/h6,8,10,14H,2-5H2,1H3,(H,13,15)/t8-,10-/m1/s1. The van der Waals surface area contributed by atoms with Crippen LogP contribution in [0.5, 0.6) is 0 Å². The van der Waals surface area contributed by atoms with E-state index in [9.17, 15) is 9.90 Å². The predicted molar refractivity (Wildman–Crippen MR) is 62.6 cm³/mol. The molecule has 2 N–H and O–H groups in total. The summed E-state index contributed by atoms with van der Waals surface area (Å²) < 4.78 is 0. The number of amides is 1. The highest BCUT2D eigenvalue weighted by Gasteiger charge is 2.25. The van der Waals surface area contributed by atoms with E-state index in [0.717, 1.165) is 30.7 Å². The first-order chi connectivity index (χ1) is 7.66. The van der Waals surface area contributed by atoms with Gasteiger partial charge < -0.3 is 10.4 Å². The minimum Gasteiger partial charge on any atom is -0.391 e. The van der Waals surface area contributed by atoms with Gasteiger partial charge in [-0.3, -0.25) is 4.79 Å². The highest BCUT2D eigenvalue weighted by molar-refractivity contribution is 7.09. The van der Waals surface area contributed by atoms with Crippen molar-refractivity contribution in [2.24, 2.45) is 0 Å². The Labute approximate surface area is 98.7 Å². The van der Waals surface area contributed by atoms with Gasteiger partial charge in [0.15, 0.2) is 0 Å². The number of aliphatic hydroxyl groups is 1. The molecule has 1 aromatic heterocycles. The van der Waals surface area contributed by atoms with Gasteiger partial charge in [-0.05, 0) is 19.8 Å². The number of hydrogen-bond acceptors (Lipinski definition) is 4. The Morgan fingerprint density at radius 3 is 2.94 bits per heavy atom. The van der Waals surface area contributed by atoms with Crippen molar-refractivity contribution in [3.05, 3.63) is 16.1 Å². The molecule has 0 bridgehead atoms. The minimum atomic E-state index is -0.405. The molecular formula is C11H16N2O2S. The fraction of sp³-hybridized carbons (Fsp3) is 0.636. The highest BCUT2D eigenvalue weighted by atomic mass is 32.1. The first kappa shape index (κ1) is 11.5. The molecule has 0 aliphatic heterocycles. The summed E-state index contributed by atoms with van der Waals surface area (Å²) in [5.41, 5.74) is 0.459. The Bertz CT molecular complexity index is 378. The summed E-state index contributed by atoms with van der Waals surface area (Å²) in [7, 11) is 0. The molecular weight excluding hydrogens is 224 g/mol. The van der Waals surface area contributed by atoms with Crippen LogP contribution in [0, 0.1) is 6.92 Å². The van der Waals surface area contributed by atoms with Crippen LogP contribution in [-0.4, -0.2) is 28.1 Å². The number of aryl methyl sites for hydroxylation is 1. The molecule has 1 saturated carbocycles. The van der Waals surface area contributed by atoms with E-state index in [0.29, 0.717) is 5.69 Å². The van der Waals surface area contributed by atoms with Crippen molar-refractivity contribution < 1.29 is 9.90 Å². The summed E-state index contributed by atoms with van der Waals surface area (Å²) >= 11 is 1.46. The Hall–Kier alpha value is -0.940. The first-order valence-electron chi connectivity index (χ1n) is 5.58. The zero-order valence-corrected chi connectivity index (χ0v) is 10.1. The lowest BCUT2D eigenvalue weighted by Crippen LogP contribution is -2.45. The van der Waals surface area contributed by atoms with Crippen molar-refractivity contribution in [3.63, 3.8) is 0 Å². The van der Waals surface area contributed by atoms with Crippen LogP contribution in [-0.2, 0) is 0 Å². The van der Waals surface area contributed by atoms with Gasteiger partial charge in [-0.25, -0.2) is 4.98 Å². The molecule has 0 saturated heterocycles. The number of nitrogens with zero attached hydrogens (tertiary/aromatic N) is 1. The molecule has 1 aliphatic carbocycles. The van der Waals surface area contributed by atoms with Gasteiger partial charge in [0.1, 0.15) is 5.69 Å². The summed E-state index contributed by atoms with van der Waals surface area (Å²) in [5, 5.41) is 15.2. The van der Waals surface area contributed by atoms with E-state index >= 15 is 0 Å². The van der Waals surface area contributed by atoms with Crippen LogP contribution in [0.2, 0.25) is 0 Å². The molecule has 0 spiro atoms. The van der Waals surface area contributed by atoms with Crippen molar-refractivity contribution in [2.45, 2.75) is 44.8 Å². The van der Waals surface area contributed by atoms with Crippen molar-refractivity contribution in [1.82, 2.24) is 10.3 Å². The Morgan fingerprint density at radius 2 is 2.31 bits per heavy atom. The number of carbonyl (C=O) groups excluding carboxylic acids is 1. The number of rotatable bonds is 2. The van der Waals surface area contributed by atoms with Crippen molar-refractivity contribution in [1.29, 1.82) is 0 Å². The number of aromatic nitrogens is 1. The Balaban J connectivity index is 1.96. The van der Waals surface area contributed by atoms with Crippen LogP contribution < -0.4 is 5.32 Å². The number of nitrogens with one attached hydrogen (secondary N) is 1. The van der Waals surface area contributed by atoms with Crippen LogP contribution in [0.4, 0.5) is 0 Å². The molecule has 5 heteroatoms. The SMILES string of the molecule is Cc1nc(C(=O)N[C@@H]2CCCC[C@H]2O)cs1.